The van der Waals surface area contributed by atoms with Gasteiger partial charge in [-0.1, -0.05) is 24.6 Å². The molecule has 0 aliphatic carbocycles. The lowest BCUT2D eigenvalue weighted by Gasteiger charge is -2.16. The Morgan fingerprint density at radius 1 is 1.47 bits per heavy atom. The molecule has 1 heterocycles. The smallest absolute Gasteiger partial charge is 0.143 e. The van der Waals surface area contributed by atoms with Gasteiger partial charge in [0, 0.05) is 24.5 Å². The Labute approximate surface area is 114 Å². The number of aryl methyl sites for hydroxylation is 1. The van der Waals surface area contributed by atoms with E-state index < -0.39 is 0 Å². The summed E-state index contributed by atoms with van der Waals surface area (Å²) >= 11 is 0. The number of carbonyl (C=O) groups excluding carboxylic acids is 1. The van der Waals surface area contributed by atoms with Crippen molar-refractivity contribution >= 4 is 5.78 Å². The van der Waals surface area contributed by atoms with Crippen LogP contribution in [-0.4, -0.2) is 25.6 Å². The van der Waals surface area contributed by atoms with Crippen LogP contribution in [0, 0.1) is 12.8 Å². The SMILES string of the molecule is CCC1OCCC1C(=O)Cc1cc(C)ccc1OC. The second kappa shape index (κ2) is 6.20. The molecule has 3 heteroatoms. The van der Waals surface area contributed by atoms with Gasteiger partial charge in [0.25, 0.3) is 0 Å². The van der Waals surface area contributed by atoms with Crippen LogP contribution in [0.4, 0.5) is 0 Å². The molecular weight excluding hydrogens is 240 g/mol. The molecule has 1 aliphatic rings. The largest absolute Gasteiger partial charge is 0.496 e. The predicted molar refractivity (Wildman–Crippen MR) is 74.6 cm³/mol. The standard InChI is InChI=1S/C16H22O3/c1-4-15-13(7-8-19-15)14(17)10-12-9-11(2)5-6-16(12)18-3/h5-6,9,13,15H,4,7-8,10H2,1-3H3. The molecule has 1 aliphatic heterocycles. The molecule has 0 saturated carbocycles. The molecule has 1 aromatic rings. The number of hydrogen-bond acceptors (Lipinski definition) is 3. The lowest BCUT2D eigenvalue weighted by molar-refractivity contribution is -0.123. The van der Waals surface area contributed by atoms with Crippen LogP contribution in [0.25, 0.3) is 0 Å². The van der Waals surface area contributed by atoms with Gasteiger partial charge in [0.2, 0.25) is 0 Å². The molecule has 0 aromatic heterocycles. The Morgan fingerprint density at radius 3 is 2.95 bits per heavy atom. The molecule has 0 spiro atoms. The molecule has 1 saturated heterocycles. The first kappa shape index (κ1) is 14.1. The number of hydrogen-bond donors (Lipinski definition) is 0. The Bertz CT molecular complexity index is 453. The highest BCUT2D eigenvalue weighted by Crippen LogP contribution is 2.27. The monoisotopic (exact) mass is 262 g/mol. The molecule has 1 aromatic carbocycles. The van der Waals surface area contributed by atoms with E-state index in [0.29, 0.717) is 13.0 Å². The molecule has 19 heavy (non-hydrogen) atoms. The van der Waals surface area contributed by atoms with Crippen LogP contribution < -0.4 is 4.74 Å². The zero-order valence-corrected chi connectivity index (χ0v) is 11.9. The maximum atomic E-state index is 12.4. The van der Waals surface area contributed by atoms with Crippen molar-refractivity contribution in [3.8, 4) is 5.75 Å². The van der Waals surface area contributed by atoms with E-state index >= 15 is 0 Å². The lowest BCUT2D eigenvalue weighted by atomic mass is 9.90. The Morgan fingerprint density at radius 2 is 2.26 bits per heavy atom. The summed E-state index contributed by atoms with van der Waals surface area (Å²) in [5, 5.41) is 0. The molecular formula is C16H22O3. The average Bonchev–Trinajstić information content (AvgIpc) is 2.87. The summed E-state index contributed by atoms with van der Waals surface area (Å²) in [6, 6.07) is 5.97. The number of ether oxygens (including phenoxy) is 2. The van der Waals surface area contributed by atoms with Crippen molar-refractivity contribution in [2.75, 3.05) is 13.7 Å². The zero-order chi connectivity index (χ0) is 13.8. The van der Waals surface area contributed by atoms with E-state index in [2.05, 4.69) is 6.92 Å². The van der Waals surface area contributed by atoms with Crippen molar-refractivity contribution in [3.63, 3.8) is 0 Å². The van der Waals surface area contributed by atoms with Crippen LogP contribution in [-0.2, 0) is 16.0 Å². The van der Waals surface area contributed by atoms with Crippen molar-refractivity contribution < 1.29 is 14.3 Å². The third kappa shape index (κ3) is 3.16. The maximum Gasteiger partial charge on any atom is 0.143 e. The Balaban J connectivity index is 2.12. The van der Waals surface area contributed by atoms with Gasteiger partial charge in [0.1, 0.15) is 11.5 Å². The van der Waals surface area contributed by atoms with E-state index in [9.17, 15) is 4.79 Å². The minimum atomic E-state index is 0.0511. The quantitative estimate of drug-likeness (QED) is 0.818. The van der Waals surface area contributed by atoms with Gasteiger partial charge < -0.3 is 9.47 Å². The van der Waals surface area contributed by atoms with Crippen molar-refractivity contribution in [1.29, 1.82) is 0 Å². The molecule has 1 fully saturated rings. The average molecular weight is 262 g/mol. The number of rotatable bonds is 5. The fourth-order valence-electron chi connectivity index (χ4n) is 2.78. The zero-order valence-electron chi connectivity index (χ0n) is 11.9. The van der Waals surface area contributed by atoms with Crippen molar-refractivity contribution in [2.45, 2.75) is 39.2 Å². The fourth-order valence-corrected chi connectivity index (χ4v) is 2.78. The molecule has 0 bridgehead atoms. The van der Waals surface area contributed by atoms with Gasteiger partial charge in [-0.2, -0.15) is 0 Å². The highest BCUT2D eigenvalue weighted by Gasteiger charge is 2.32. The van der Waals surface area contributed by atoms with Gasteiger partial charge in [-0.3, -0.25) is 4.79 Å². The molecule has 2 unspecified atom stereocenters. The minimum absolute atomic E-state index is 0.0511. The third-order valence-corrected chi connectivity index (χ3v) is 3.83. The lowest BCUT2D eigenvalue weighted by Crippen LogP contribution is -2.25. The minimum Gasteiger partial charge on any atom is -0.496 e. The van der Waals surface area contributed by atoms with E-state index in [1.54, 1.807) is 7.11 Å². The summed E-state index contributed by atoms with van der Waals surface area (Å²) in [5.41, 5.74) is 2.13. The van der Waals surface area contributed by atoms with Gasteiger partial charge >= 0.3 is 0 Å². The number of methoxy groups -OCH3 is 1. The van der Waals surface area contributed by atoms with Gasteiger partial charge in [0.05, 0.1) is 13.2 Å². The van der Waals surface area contributed by atoms with Gasteiger partial charge in [-0.05, 0) is 25.8 Å². The topological polar surface area (TPSA) is 35.5 Å². The van der Waals surface area contributed by atoms with Crippen molar-refractivity contribution in [1.82, 2.24) is 0 Å². The molecule has 0 amide bonds. The third-order valence-electron chi connectivity index (χ3n) is 3.83. The molecule has 3 nitrogen and oxygen atoms in total. The first-order valence-corrected chi connectivity index (χ1v) is 6.93. The second-order valence-electron chi connectivity index (χ2n) is 5.17. The van der Waals surface area contributed by atoms with Crippen LogP contribution >= 0.6 is 0 Å². The maximum absolute atomic E-state index is 12.4. The fraction of sp³-hybridized carbons (Fsp3) is 0.562. The van der Waals surface area contributed by atoms with Crippen molar-refractivity contribution in [3.05, 3.63) is 29.3 Å². The van der Waals surface area contributed by atoms with Crippen LogP contribution in [0.15, 0.2) is 18.2 Å². The summed E-state index contributed by atoms with van der Waals surface area (Å²) in [5.74, 6) is 1.12. The van der Waals surface area contributed by atoms with Gasteiger partial charge in [-0.15, -0.1) is 0 Å². The van der Waals surface area contributed by atoms with Crippen molar-refractivity contribution in [2.24, 2.45) is 5.92 Å². The van der Waals surface area contributed by atoms with Crippen LogP contribution in [0.2, 0.25) is 0 Å². The number of Topliss-reactive ketones (excluding diaryl/α,β-unsaturated/α-hetero) is 1. The van der Waals surface area contributed by atoms with Gasteiger partial charge in [-0.25, -0.2) is 0 Å². The summed E-state index contributed by atoms with van der Waals surface area (Å²) in [4.78, 5) is 12.4. The highest BCUT2D eigenvalue weighted by atomic mass is 16.5. The van der Waals surface area contributed by atoms with E-state index in [4.69, 9.17) is 9.47 Å². The Kier molecular flexibility index (Phi) is 4.59. The first-order valence-electron chi connectivity index (χ1n) is 6.93. The summed E-state index contributed by atoms with van der Waals surface area (Å²) in [6.07, 6.45) is 2.30. The summed E-state index contributed by atoms with van der Waals surface area (Å²) in [7, 11) is 1.65. The van der Waals surface area contributed by atoms with E-state index in [1.165, 1.54) is 0 Å². The number of ketones is 1. The second-order valence-corrected chi connectivity index (χ2v) is 5.17. The molecule has 104 valence electrons. The number of carbonyl (C=O) groups is 1. The van der Waals surface area contributed by atoms with E-state index in [0.717, 1.165) is 29.7 Å². The molecule has 0 radical (unpaired) electrons. The van der Waals surface area contributed by atoms with Crippen LogP contribution in [0.3, 0.4) is 0 Å². The summed E-state index contributed by atoms with van der Waals surface area (Å²) in [6.45, 7) is 4.81. The first-order chi connectivity index (χ1) is 9.15. The number of benzene rings is 1. The normalized spacial score (nSPS) is 22.5. The van der Waals surface area contributed by atoms with E-state index in [1.807, 2.05) is 25.1 Å². The van der Waals surface area contributed by atoms with Crippen LogP contribution in [0.1, 0.15) is 30.9 Å². The molecule has 2 rings (SSSR count). The van der Waals surface area contributed by atoms with Gasteiger partial charge in [0.15, 0.2) is 0 Å². The summed E-state index contributed by atoms with van der Waals surface area (Å²) < 4.78 is 10.9. The highest BCUT2D eigenvalue weighted by molar-refractivity contribution is 5.84. The van der Waals surface area contributed by atoms with Crippen LogP contribution in [0.5, 0.6) is 5.75 Å². The molecule has 0 N–H and O–H groups in total. The Hall–Kier alpha value is -1.35. The molecule has 2 atom stereocenters. The van der Waals surface area contributed by atoms with E-state index in [-0.39, 0.29) is 17.8 Å². The predicted octanol–water partition coefficient (Wildman–Crippen LogP) is 2.93.